The van der Waals surface area contributed by atoms with Gasteiger partial charge >= 0.3 is 5.97 Å². The minimum Gasteiger partial charge on any atom is -0.506 e. The number of anilines is 1. The maximum atomic E-state index is 12.8. The molecule has 3 aliphatic heterocycles. The van der Waals surface area contributed by atoms with E-state index in [2.05, 4.69) is 29.3 Å². The first-order chi connectivity index (χ1) is 12.1. The summed E-state index contributed by atoms with van der Waals surface area (Å²) in [7, 11) is 1.45. The molecule has 3 atom stereocenters. The fourth-order valence-electron chi connectivity index (χ4n) is 5.67. The molecule has 3 heterocycles. The van der Waals surface area contributed by atoms with Gasteiger partial charge in [0.1, 0.15) is 5.75 Å². The van der Waals surface area contributed by atoms with Crippen LogP contribution in [0.15, 0.2) is 41.1 Å². The number of allylic oxidation sites excluding steroid dienone is 1. The van der Waals surface area contributed by atoms with Crippen LogP contribution < -0.4 is 5.32 Å². The second kappa shape index (κ2) is 4.88. The number of nitrogens with one attached hydrogen (secondary N) is 1. The molecule has 5 rings (SSSR count). The van der Waals surface area contributed by atoms with Gasteiger partial charge in [-0.15, -0.1) is 0 Å². The number of phenols is 1. The topological polar surface area (TPSA) is 61.8 Å². The van der Waals surface area contributed by atoms with Gasteiger partial charge in [-0.2, -0.15) is 0 Å². The number of piperidine rings is 1. The second-order valence-electron chi connectivity index (χ2n) is 7.46. The lowest BCUT2D eigenvalue weighted by atomic mass is 9.62. The Balaban J connectivity index is 1.83. The zero-order valence-electron chi connectivity index (χ0n) is 14.5. The van der Waals surface area contributed by atoms with E-state index in [-0.39, 0.29) is 23.1 Å². The summed E-state index contributed by atoms with van der Waals surface area (Å²) in [6.45, 7) is 3.97. The Morgan fingerprint density at radius 1 is 1.48 bits per heavy atom. The SMILES string of the molecule is C/C=C1/CN2CC[C@@]34C(=C(C(=O)OC)[C@H]1C[C@H]23)Nc1c(O)cccc14. The number of nitrogens with zero attached hydrogens (tertiary/aromatic N) is 1. The molecule has 2 bridgehead atoms. The third kappa shape index (κ3) is 1.64. The van der Waals surface area contributed by atoms with E-state index in [1.807, 2.05) is 6.07 Å². The lowest BCUT2D eigenvalue weighted by molar-refractivity contribution is -0.137. The Kier molecular flexibility index (Phi) is 2.93. The number of esters is 1. The van der Waals surface area contributed by atoms with Crippen molar-refractivity contribution in [1.82, 2.24) is 4.90 Å². The van der Waals surface area contributed by atoms with E-state index < -0.39 is 0 Å². The van der Waals surface area contributed by atoms with Crippen LogP contribution >= 0.6 is 0 Å². The highest BCUT2D eigenvalue weighted by Crippen LogP contribution is 2.62. The van der Waals surface area contributed by atoms with Crippen LogP contribution in [-0.2, 0) is 14.9 Å². The van der Waals surface area contributed by atoms with Crippen molar-refractivity contribution in [2.45, 2.75) is 31.2 Å². The van der Waals surface area contributed by atoms with E-state index in [0.29, 0.717) is 6.04 Å². The number of carbonyl (C=O) groups is 1. The average molecular weight is 338 g/mol. The molecule has 1 spiro atoms. The number of carbonyl (C=O) groups excluding carboxylic acids is 1. The number of hydrogen-bond acceptors (Lipinski definition) is 5. The monoisotopic (exact) mass is 338 g/mol. The standard InChI is InChI=1S/C20H22N2O3/c1-3-11-10-22-8-7-20-13-5-4-6-14(23)17(13)21-18(20)16(19(24)25-2)12(11)9-15(20)22/h3-6,12,15,21,23H,7-10H2,1-2H3/b11-3-/t12-,15-,20-/m0/s1. The van der Waals surface area contributed by atoms with Gasteiger partial charge in [-0.3, -0.25) is 4.90 Å². The maximum absolute atomic E-state index is 12.8. The lowest BCUT2D eigenvalue weighted by Gasteiger charge is -2.48. The summed E-state index contributed by atoms with van der Waals surface area (Å²) in [6.07, 6.45) is 4.04. The van der Waals surface area contributed by atoms with Crippen molar-refractivity contribution in [1.29, 1.82) is 0 Å². The Morgan fingerprint density at radius 2 is 2.32 bits per heavy atom. The molecule has 0 unspecified atom stereocenters. The molecule has 4 aliphatic rings. The van der Waals surface area contributed by atoms with Gasteiger partial charge in [0.25, 0.3) is 0 Å². The quantitative estimate of drug-likeness (QED) is 0.468. The van der Waals surface area contributed by atoms with E-state index in [1.165, 1.54) is 12.7 Å². The largest absolute Gasteiger partial charge is 0.506 e. The molecule has 2 N–H and O–H groups in total. The molecule has 0 saturated carbocycles. The minimum atomic E-state index is -0.252. The Labute approximate surface area is 147 Å². The Morgan fingerprint density at radius 3 is 3.08 bits per heavy atom. The van der Waals surface area contributed by atoms with E-state index >= 15 is 0 Å². The van der Waals surface area contributed by atoms with E-state index in [1.54, 1.807) is 6.07 Å². The van der Waals surface area contributed by atoms with Gasteiger partial charge in [0.15, 0.2) is 0 Å². The Hall–Kier alpha value is -2.27. The molecule has 1 aromatic rings. The molecular weight excluding hydrogens is 316 g/mol. The minimum absolute atomic E-state index is 0.101. The van der Waals surface area contributed by atoms with Gasteiger partial charge < -0.3 is 15.2 Å². The van der Waals surface area contributed by atoms with Crippen LogP contribution in [0.4, 0.5) is 5.69 Å². The van der Waals surface area contributed by atoms with Crippen LogP contribution in [0.3, 0.4) is 0 Å². The third-order valence-electron chi connectivity index (χ3n) is 6.71. The number of aromatic hydroxyl groups is 1. The summed E-state index contributed by atoms with van der Waals surface area (Å²) in [4.78, 5) is 15.3. The number of rotatable bonds is 1. The van der Waals surface area contributed by atoms with E-state index in [0.717, 1.165) is 48.5 Å². The fourth-order valence-corrected chi connectivity index (χ4v) is 5.67. The average Bonchev–Trinajstić information content (AvgIpc) is 3.18. The summed E-state index contributed by atoms with van der Waals surface area (Å²) in [6, 6.07) is 6.06. The number of para-hydroxylation sites is 1. The van der Waals surface area contributed by atoms with Crippen LogP contribution in [0.1, 0.15) is 25.3 Å². The van der Waals surface area contributed by atoms with Crippen molar-refractivity contribution in [3.63, 3.8) is 0 Å². The van der Waals surface area contributed by atoms with E-state index in [9.17, 15) is 9.90 Å². The predicted molar refractivity (Wildman–Crippen MR) is 94.3 cm³/mol. The molecule has 0 aromatic heterocycles. The van der Waals surface area contributed by atoms with E-state index in [4.69, 9.17) is 4.74 Å². The molecule has 130 valence electrons. The number of phenolic OH excluding ortho intramolecular Hbond substituents is 1. The molecule has 0 radical (unpaired) electrons. The predicted octanol–water partition coefficient (Wildman–Crippen LogP) is 2.54. The van der Waals surface area contributed by atoms with Crippen molar-refractivity contribution in [3.05, 3.63) is 46.7 Å². The van der Waals surface area contributed by atoms with Gasteiger partial charge in [0.2, 0.25) is 0 Å². The molecule has 1 aliphatic carbocycles. The van der Waals surface area contributed by atoms with Crippen molar-refractivity contribution in [2.24, 2.45) is 5.92 Å². The van der Waals surface area contributed by atoms with Gasteiger partial charge in [-0.25, -0.2) is 4.79 Å². The number of methoxy groups -OCH3 is 1. The van der Waals surface area contributed by atoms with Gasteiger partial charge in [-0.1, -0.05) is 23.8 Å². The summed E-state index contributed by atoms with van der Waals surface area (Å²) in [5.74, 6) is 0.0958. The van der Waals surface area contributed by atoms with Crippen LogP contribution in [0, 0.1) is 5.92 Å². The van der Waals surface area contributed by atoms with Gasteiger partial charge in [0, 0.05) is 30.7 Å². The molecule has 0 amide bonds. The molecule has 25 heavy (non-hydrogen) atoms. The normalized spacial score (nSPS) is 33.9. The summed E-state index contributed by atoms with van der Waals surface area (Å²) < 4.78 is 5.17. The zero-order valence-corrected chi connectivity index (χ0v) is 14.5. The second-order valence-corrected chi connectivity index (χ2v) is 7.46. The first kappa shape index (κ1) is 15.0. The number of benzene rings is 1. The molecule has 1 aromatic carbocycles. The van der Waals surface area contributed by atoms with Crippen LogP contribution in [-0.4, -0.2) is 42.2 Å². The number of ether oxygens (including phenoxy) is 1. The van der Waals surface area contributed by atoms with Crippen LogP contribution in [0.25, 0.3) is 0 Å². The third-order valence-corrected chi connectivity index (χ3v) is 6.71. The van der Waals surface area contributed by atoms with Crippen LogP contribution in [0.5, 0.6) is 5.75 Å². The smallest absolute Gasteiger partial charge is 0.336 e. The van der Waals surface area contributed by atoms with Crippen molar-refractivity contribution in [3.8, 4) is 5.75 Å². The molecule has 5 nitrogen and oxygen atoms in total. The number of fused-ring (bicyclic) bond motifs is 2. The Bertz CT molecular complexity index is 856. The number of hydrogen-bond donors (Lipinski definition) is 2. The van der Waals surface area contributed by atoms with Crippen molar-refractivity contribution < 1.29 is 14.6 Å². The lowest BCUT2D eigenvalue weighted by Crippen LogP contribution is -2.53. The molecule has 2 fully saturated rings. The zero-order chi connectivity index (χ0) is 17.3. The maximum Gasteiger partial charge on any atom is 0.336 e. The first-order valence-electron chi connectivity index (χ1n) is 8.93. The summed E-state index contributed by atoms with van der Waals surface area (Å²) in [5.41, 5.74) is 4.66. The van der Waals surface area contributed by atoms with Crippen molar-refractivity contribution >= 4 is 11.7 Å². The highest BCUT2D eigenvalue weighted by molar-refractivity contribution is 5.94. The summed E-state index contributed by atoms with van der Waals surface area (Å²) in [5, 5.41) is 13.8. The first-order valence-corrected chi connectivity index (χ1v) is 8.93. The fraction of sp³-hybridized carbons (Fsp3) is 0.450. The van der Waals surface area contributed by atoms with Crippen LogP contribution in [0.2, 0.25) is 0 Å². The molecule has 2 saturated heterocycles. The molecular formula is C20H22N2O3. The highest BCUT2D eigenvalue weighted by atomic mass is 16.5. The summed E-state index contributed by atoms with van der Waals surface area (Å²) >= 11 is 0. The molecule has 5 heteroatoms. The van der Waals surface area contributed by atoms with Crippen molar-refractivity contribution in [2.75, 3.05) is 25.5 Å². The van der Waals surface area contributed by atoms with Gasteiger partial charge in [-0.05, 0) is 31.4 Å². The van der Waals surface area contributed by atoms with Gasteiger partial charge in [0.05, 0.1) is 23.8 Å². The highest BCUT2D eigenvalue weighted by Gasteiger charge is 2.62.